The van der Waals surface area contributed by atoms with E-state index in [9.17, 15) is 8.78 Å². The Bertz CT molecular complexity index is 2940. The number of aryl methyl sites for hydroxylation is 2. The molecule has 2 aromatic carbocycles. The minimum Gasteiger partial charge on any atom is -0.367 e. The molecule has 340 valence electrons. The van der Waals surface area contributed by atoms with Gasteiger partial charge in [-0.3, -0.25) is 9.80 Å². The normalized spacial score (nSPS) is 16.9. The summed E-state index contributed by atoms with van der Waals surface area (Å²) in [6.07, 6.45) is 13.6. The molecular weight excluding hydrogens is 878 g/mol. The summed E-state index contributed by atoms with van der Waals surface area (Å²) in [5.41, 5.74) is 8.16. The van der Waals surface area contributed by atoms with Crippen LogP contribution in [0.2, 0.25) is 10.0 Å². The largest absolute Gasteiger partial charge is 0.367 e. The Morgan fingerprint density at radius 1 is 0.652 bits per heavy atom. The highest BCUT2D eigenvalue weighted by Gasteiger charge is 2.23. The number of hydrogen-bond acceptors (Lipinski definition) is 10. The number of halogens is 4. The molecule has 2 saturated heterocycles. The van der Waals surface area contributed by atoms with E-state index in [2.05, 4.69) is 123 Å². The molecule has 0 bridgehead atoms. The maximum Gasteiger partial charge on any atom is 0.183 e. The number of nitrogens with zero attached hydrogens (tertiary/aromatic N) is 8. The van der Waals surface area contributed by atoms with Gasteiger partial charge in [-0.05, 0) is 93.3 Å². The van der Waals surface area contributed by atoms with Gasteiger partial charge in [-0.2, -0.15) is 0 Å². The standard InChI is InChI=1S/2C25H26ClFN6/c1-16-4-2-5-17(8-16)14-33-7-3-6-18(15-33)10-28-25-22(27)13-31-24(32-25)21-12-30-23-20(21)9-19(26)11-29-23;1-16-5-2-3-7-18(16)15-33-8-4-6-17(14-33)10-28-25-22(27)13-31-24(32-25)21-12-30-23-20(21)9-19(26)11-29-23/h2,4-5,8-9,11-13,18H,3,6-7,10,14-15H2,1H3,(H,29,30)(H,28,31,32);2-3,5,7,9,11-13,17H,4,6,8,10,14-15H2,1H3,(H,29,30)(H,28,31,32). The number of aromatic nitrogens is 8. The maximum absolute atomic E-state index is 14.5. The molecule has 2 aliphatic rings. The molecule has 10 rings (SSSR count). The van der Waals surface area contributed by atoms with Gasteiger partial charge in [0.2, 0.25) is 0 Å². The second kappa shape index (κ2) is 20.6. The molecule has 0 spiro atoms. The minimum absolute atomic E-state index is 0.222. The fourth-order valence-corrected chi connectivity index (χ4v) is 9.39. The number of anilines is 2. The third kappa shape index (κ3) is 11.0. The summed E-state index contributed by atoms with van der Waals surface area (Å²) in [6, 6.07) is 20.8. The molecule has 0 aliphatic carbocycles. The molecule has 66 heavy (non-hydrogen) atoms. The van der Waals surface area contributed by atoms with Crippen LogP contribution in [0.3, 0.4) is 0 Å². The van der Waals surface area contributed by atoms with Crippen LogP contribution in [0.25, 0.3) is 44.8 Å². The fraction of sp³-hybridized carbons (Fsp3) is 0.320. The molecule has 16 heteroatoms. The van der Waals surface area contributed by atoms with E-state index in [0.29, 0.717) is 57.9 Å². The Labute approximate surface area is 392 Å². The third-order valence-electron chi connectivity index (χ3n) is 12.4. The fourth-order valence-electron chi connectivity index (χ4n) is 9.07. The van der Waals surface area contributed by atoms with E-state index in [0.717, 1.165) is 86.9 Å². The highest BCUT2D eigenvalue weighted by molar-refractivity contribution is 6.31. The van der Waals surface area contributed by atoms with Crippen molar-refractivity contribution < 1.29 is 8.78 Å². The van der Waals surface area contributed by atoms with Gasteiger partial charge < -0.3 is 20.6 Å². The van der Waals surface area contributed by atoms with E-state index in [-0.39, 0.29) is 11.6 Å². The number of pyridine rings is 2. The Morgan fingerprint density at radius 2 is 1.20 bits per heavy atom. The van der Waals surface area contributed by atoms with Gasteiger partial charge in [0, 0.05) is 86.0 Å². The number of fused-ring (bicyclic) bond motifs is 2. The summed E-state index contributed by atoms with van der Waals surface area (Å²) in [4.78, 5) is 37.0. The van der Waals surface area contributed by atoms with Crippen molar-refractivity contribution in [1.29, 1.82) is 0 Å². The smallest absolute Gasteiger partial charge is 0.183 e. The van der Waals surface area contributed by atoms with Crippen molar-refractivity contribution in [3.63, 3.8) is 0 Å². The second-order valence-electron chi connectivity index (χ2n) is 17.4. The topological polar surface area (TPSA) is 139 Å². The van der Waals surface area contributed by atoms with Gasteiger partial charge in [0.25, 0.3) is 0 Å². The number of rotatable bonds is 12. The van der Waals surface area contributed by atoms with Crippen LogP contribution in [0.15, 0.2) is 97.8 Å². The van der Waals surface area contributed by atoms with Crippen LogP contribution in [0.1, 0.15) is 47.9 Å². The summed E-state index contributed by atoms with van der Waals surface area (Å²) < 4.78 is 29.0. The first-order chi connectivity index (χ1) is 32.1. The van der Waals surface area contributed by atoms with Crippen LogP contribution < -0.4 is 10.6 Å². The van der Waals surface area contributed by atoms with E-state index < -0.39 is 11.6 Å². The second-order valence-corrected chi connectivity index (χ2v) is 18.3. The third-order valence-corrected chi connectivity index (χ3v) is 12.8. The van der Waals surface area contributed by atoms with Gasteiger partial charge in [-0.25, -0.2) is 38.7 Å². The van der Waals surface area contributed by atoms with E-state index in [1.807, 2.05) is 0 Å². The van der Waals surface area contributed by atoms with Crippen LogP contribution in [0.5, 0.6) is 0 Å². The van der Waals surface area contributed by atoms with Crippen molar-refractivity contribution >= 4 is 56.9 Å². The van der Waals surface area contributed by atoms with E-state index in [1.165, 1.54) is 34.6 Å². The lowest BCUT2D eigenvalue weighted by molar-refractivity contribution is 0.173. The average Bonchev–Trinajstić information content (AvgIpc) is 3.94. The van der Waals surface area contributed by atoms with Crippen LogP contribution in [0, 0.1) is 37.3 Å². The summed E-state index contributed by atoms with van der Waals surface area (Å²) in [5, 5.41) is 9.13. The van der Waals surface area contributed by atoms with Crippen molar-refractivity contribution in [1.82, 2.24) is 49.7 Å². The lowest BCUT2D eigenvalue weighted by Gasteiger charge is -2.33. The van der Waals surface area contributed by atoms with Crippen molar-refractivity contribution in [2.24, 2.45) is 11.8 Å². The zero-order chi connectivity index (χ0) is 45.6. The van der Waals surface area contributed by atoms with Gasteiger partial charge in [0.15, 0.2) is 34.9 Å². The average molecular weight is 930 g/mol. The highest BCUT2D eigenvalue weighted by Crippen LogP contribution is 2.31. The molecule has 2 fully saturated rings. The number of piperidine rings is 2. The molecule has 4 N–H and O–H groups in total. The Morgan fingerprint density at radius 3 is 1.74 bits per heavy atom. The van der Waals surface area contributed by atoms with E-state index >= 15 is 0 Å². The molecular formula is C50H52Cl2F2N12. The van der Waals surface area contributed by atoms with Gasteiger partial charge in [-0.15, -0.1) is 0 Å². The predicted molar refractivity (Wildman–Crippen MR) is 260 cm³/mol. The Hall–Kier alpha value is -6.06. The van der Waals surface area contributed by atoms with E-state index in [1.54, 1.807) is 36.9 Å². The molecule has 0 amide bonds. The van der Waals surface area contributed by atoms with Gasteiger partial charge in [0.1, 0.15) is 11.3 Å². The first-order valence-corrected chi connectivity index (χ1v) is 23.2. The lowest BCUT2D eigenvalue weighted by Crippen LogP contribution is -2.37. The number of hydrogen-bond donors (Lipinski definition) is 4. The minimum atomic E-state index is -0.456. The molecule has 0 saturated carbocycles. The van der Waals surface area contributed by atoms with Crippen LogP contribution in [0.4, 0.5) is 20.4 Å². The maximum atomic E-state index is 14.5. The van der Waals surface area contributed by atoms with Crippen molar-refractivity contribution in [3.05, 3.63) is 142 Å². The van der Waals surface area contributed by atoms with Crippen molar-refractivity contribution in [2.75, 3.05) is 49.9 Å². The summed E-state index contributed by atoms with van der Waals surface area (Å²) >= 11 is 12.2. The molecule has 12 nitrogen and oxygen atoms in total. The van der Waals surface area contributed by atoms with Crippen LogP contribution in [-0.4, -0.2) is 88.9 Å². The molecule has 2 aliphatic heterocycles. The summed E-state index contributed by atoms with van der Waals surface area (Å²) in [5.74, 6) is 1.25. The highest BCUT2D eigenvalue weighted by atomic mass is 35.5. The molecule has 0 radical (unpaired) electrons. The van der Waals surface area contributed by atoms with Gasteiger partial charge >= 0.3 is 0 Å². The molecule has 8 aromatic rings. The summed E-state index contributed by atoms with van der Waals surface area (Å²) in [7, 11) is 0. The zero-order valence-electron chi connectivity index (χ0n) is 37.0. The number of H-pyrrole nitrogens is 2. The number of benzene rings is 2. The number of likely N-dealkylation sites (tertiary alicyclic amines) is 2. The first-order valence-electron chi connectivity index (χ1n) is 22.5. The Kier molecular flexibility index (Phi) is 14.1. The molecule has 2 unspecified atom stereocenters. The molecule has 2 atom stereocenters. The monoisotopic (exact) mass is 928 g/mol. The predicted octanol–water partition coefficient (Wildman–Crippen LogP) is 10.9. The Balaban J connectivity index is 0.000000166. The number of aromatic amines is 2. The zero-order valence-corrected chi connectivity index (χ0v) is 38.5. The molecule has 6 aromatic heterocycles. The summed E-state index contributed by atoms with van der Waals surface area (Å²) in [6.45, 7) is 11.7. The van der Waals surface area contributed by atoms with Crippen molar-refractivity contribution in [2.45, 2.75) is 52.6 Å². The van der Waals surface area contributed by atoms with Crippen molar-refractivity contribution in [3.8, 4) is 22.8 Å². The number of nitrogens with one attached hydrogen (secondary N) is 4. The quantitative estimate of drug-likeness (QED) is 0.0936. The van der Waals surface area contributed by atoms with Crippen LogP contribution >= 0.6 is 23.2 Å². The SMILES string of the molecule is Cc1cccc(CN2CCCC(CNc3nc(-c4c[nH]c5ncc(Cl)cc45)ncc3F)C2)c1.Cc1ccccc1CN1CCCC(CNc2nc(-c3c[nH]c4ncc(Cl)cc34)ncc2F)C1. The van der Waals surface area contributed by atoms with Gasteiger partial charge in [0.05, 0.1) is 22.4 Å². The van der Waals surface area contributed by atoms with Gasteiger partial charge in [-0.1, -0.05) is 77.3 Å². The van der Waals surface area contributed by atoms with Crippen LogP contribution in [-0.2, 0) is 13.1 Å². The molecule has 8 heterocycles. The first kappa shape index (κ1) is 45.1. The van der Waals surface area contributed by atoms with E-state index in [4.69, 9.17) is 23.2 Å². The lowest BCUT2D eigenvalue weighted by atomic mass is 9.97.